The van der Waals surface area contributed by atoms with Gasteiger partial charge >= 0.3 is 0 Å². The third-order valence-electron chi connectivity index (χ3n) is 5.48. The van der Waals surface area contributed by atoms with Gasteiger partial charge in [0.2, 0.25) is 0 Å². The van der Waals surface area contributed by atoms with E-state index in [9.17, 15) is 9.18 Å². The van der Waals surface area contributed by atoms with Gasteiger partial charge < -0.3 is 15.5 Å². The molecule has 2 N–H and O–H groups in total. The van der Waals surface area contributed by atoms with Gasteiger partial charge in [0.1, 0.15) is 5.82 Å². The molecule has 0 saturated heterocycles. The van der Waals surface area contributed by atoms with E-state index in [-0.39, 0.29) is 17.8 Å². The zero-order valence-corrected chi connectivity index (χ0v) is 15.2. The Bertz CT molecular complexity index is 997. The summed E-state index contributed by atoms with van der Waals surface area (Å²) in [5.74, 6) is -0.342. The van der Waals surface area contributed by atoms with Gasteiger partial charge in [-0.05, 0) is 65.9 Å². The van der Waals surface area contributed by atoms with Crippen LogP contribution in [0.1, 0.15) is 16.7 Å². The van der Waals surface area contributed by atoms with Crippen LogP contribution in [0.2, 0.25) is 0 Å². The minimum absolute atomic E-state index is 0.0626. The molecule has 2 aromatic rings. The Kier molecular flexibility index (Phi) is 4.01. The molecule has 1 aliphatic carbocycles. The average Bonchev–Trinajstić information content (AvgIpc) is 3.29. The minimum atomic E-state index is -0.528. The average molecular weight is 373 g/mol. The van der Waals surface area contributed by atoms with E-state index in [0.717, 1.165) is 29.8 Å². The van der Waals surface area contributed by atoms with Crippen LogP contribution < -0.4 is 10.6 Å². The molecular weight excluding hydrogens is 353 g/mol. The molecule has 2 aromatic carbocycles. The highest BCUT2D eigenvalue weighted by atomic mass is 19.1. The van der Waals surface area contributed by atoms with Crippen LogP contribution in [0.5, 0.6) is 0 Å². The van der Waals surface area contributed by atoms with Gasteiger partial charge in [-0.1, -0.05) is 30.3 Å². The lowest BCUT2D eigenvalue weighted by molar-refractivity contribution is -0.125. The first kappa shape index (κ1) is 16.8. The molecule has 1 atom stereocenters. The van der Waals surface area contributed by atoms with Crippen molar-refractivity contribution in [3.63, 3.8) is 0 Å². The van der Waals surface area contributed by atoms with Crippen molar-refractivity contribution in [2.24, 2.45) is 0 Å². The van der Waals surface area contributed by atoms with Crippen molar-refractivity contribution in [1.82, 2.24) is 15.5 Å². The molecule has 5 heteroatoms. The molecule has 140 valence electrons. The Hall–Kier alpha value is -3.34. The van der Waals surface area contributed by atoms with E-state index < -0.39 is 6.17 Å². The van der Waals surface area contributed by atoms with Crippen LogP contribution in [0, 0.1) is 5.82 Å². The van der Waals surface area contributed by atoms with Crippen LogP contribution in [0.4, 0.5) is 4.39 Å². The van der Waals surface area contributed by atoms with Crippen LogP contribution in [-0.4, -0.2) is 23.0 Å². The number of allylic oxidation sites excluding steroid dienone is 3. The topological polar surface area (TPSA) is 44.4 Å². The van der Waals surface area contributed by atoms with Crippen LogP contribution in [-0.2, 0) is 17.6 Å². The number of nitrogens with one attached hydrogen (secondary N) is 2. The second-order valence-electron chi connectivity index (χ2n) is 7.30. The monoisotopic (exact) mass is 373 g/mol. The Morgan fingerprint density at radius 2 is 1.75 bits per heavy atom. The first-order valence-corrected chi connectivity index (χ1v) is 9.46. The van der Waals surface area contributed by atoms with Crippen LogP contribution in [0.25, 0.3) is 5.70 Å². The maximum Gasteiger partial charge on any atom is 0.264 e. The molecule has 2 aliphatic heterocycles. The number of rotatable bonds is 3. The van der Waals surface area contributed by atoms with E-state index in [1.165, 1.54) is 23.3 Å². The second kappa shape index (κ2) is 6.68. The van der Waals surface area contributed by atoms with E-state index in [4.69, 9.17) is 0 Å². The van der Waals surface area contributed by atoms with Gasteiger partial charge in [-0.2, -0.15) is 0 Å². The third kappa shape index (κ3) is 2.89. The molecule has 1 amide bonds. The fourth-order valence-corrected chi connectivity index (χ4v) is 4.15. The van der Waals surface area contributed by atoms with E-state index in [2.05, 4.69) is 22.8 Å². The number of carbonyl (C=O) groups excluding carboxylic acids is 1. The van der Waals surface area contributed by atoms with E-state index >= 15 is 0 Å². The van der Waals surface area contributed by atoms with Crippen LogP contribution in [0.3, 0.4) is 0 Å². The standard InChI is InChI=1S/C23H20FN3O/c24-18-10-8-15(9-11-18)21-20-7-3-4-12-27(20)22(26-21)23(28)25-19-13-16-5-1-2-6-17(16)14-19/h1-12,19,22,26H,13-14H2,(H,25,28). The van der Waals surface area contributed by atoms with Crippen LogP contribution in [0.15, 0.2) is 78.7 Å². The van der Waals surface area contributed by atoms with Crippen LogP contribution >= 0.6 is 0 Å². The predicted octanol–water partition coefficient (Wildman–Crippen LogP) is 3.09. The van der Waals surface area contributed by atoms with Gasteiger partial charge in [-0.25, -0.2) is 4.39 Å². The molecule has 0 aromatic heterocycles. The maximum absolute atomic E-state index is 13.3. The Labute approximate surface area is 163 Å². The van der Waals surface area contributed by atoms with Crippen molar-refractivity contribution in [3.8, 4) is 0 Å². The molecule has 5 rings (SSSR count). The number of benzene rings is 2. The van der Waals surface area contributed by atoms with Crippen molar-refractivity contribution >= 4 is 11.6 Å². The number of fused-ring (bicyclic) bond motifs is 2. The summed E-state index contributed by atoms with van der Waals surface area (Å²) >= 11 is 0. The molecule has 4 nitrogen and oxygen atoms in total. The van der Waals surface area contributed by atoms with Crippen molar-refractivity contribution in [3.05, 3.63) is 101 Å². The van der Waals surface area contributed by atoms with Gasteiger partial charge in [-0.15, -0.1) is 0 Å². The summed E-state index contributed by atoms with van der Waals surface area (Å²) in [6.07, 6.45) is 8.89. The molecule has 0 bridgehead atoms. The minimum Gasteiger partial charge on any atom is -0.355 e. The third-order valence-corrected chi connectivity index (χ3v) is 5.48. The molecule has 2 heterocycles. The van der Waals surface area contributed by atoms with Gasteiger partial charge in [0, 0.05) is 12.2 Å². The fourth-order valence-electron chi connectivity index (χ4n) is 4.15. The number of hydrogen-bond donors (Lipinski definition) is 2. The molecule has 0 fully saturated rings. The van der Waals surface area contributed by atoms with Crippen molar-refractivity contribution < 1.29 is 9.18 Å². The van der Waals surface area contributed by atoms with Gasteiger partial charge in [0.15, 0.2) is 6.17 Å². The van der Waals surface area contributed by atoms with E-state index in [1.54, 1.807) is 12.1 Å². The summed E-state index contributed by atoms with van der Waals surface area (Å²) in [4.78, 5) is 15.0. The summed E-state index contributed by atoms with van der Waals surface area (Å²) in [7, 11) is 0. The summed E-state index contributed by atoms with van der Waals surface area (Å²) in [5, 5.41) is 6.53. The Morgan fingerprint density at radius 1 is 1.04 bits per heavy atom. The summed E-state index contributed by atoms with van der Waals surface area (Å²) < 4.78 is 13.3. The van der Waals surface area contributed by atoms with Crippen molar-refractivity contribution in [2.75, 3.05) is 0 Å². The smallest absolute Gasteiger partial charge is 0.264 e. The molecule has 0 radical (unpaired) electrons. The molecular formula is C23H20FN3O. The normalized spacial score (nSPS) is 20.2. The molecule has 28 heavy (non-hydrogen) atoms. The highest BCUT2D eigenvalue weighted by Crippen LogP contribution is 2.31. The van der Waals surface area contributed by atoms with Gasteiger partial charge in [0.05, 0.1) is 11.4 Å². The first-order chi connectivity index (χ1) is 13.7. The van der Waals surface area contributed by atoms with E-state index in [1.807, 2.05) is 41.5 Å². The highest BCUT2D eigenvalue weighted by Gasteiger charge is 2.36. The predicted molar refractivity (Wildman–Crippen MR) is 106 cm³/mol. The van der Waals surface area contributed by atoms with Crippen molar-refractivity contribution in [2.45, 2.75) is 25.0 Å². The number of carbonyl (C=O) groups is 1. The summed E-state index contributed by atoms with van der Waals surface area (Å²) in [6.45, 7) is 0. The van der Waals surface area contributed by atoms with Gasteiger partial charge in [-0.3, -0.25) is 4.79 Å². The molecule has 0 saturated carbocycles. The maximum atomic E-state index is 13.3. The lowest BCUT2D eigenvalue weighted by Crippen LogP contribution is -2.51. The Morgan fingerprint density at radius 3 is 2.46 bits per heavy atom. The molecule has 0 spiro atoms. The number of amides is 1. The molecule has 3 aliphatic rings. The summed E-state index contributed by atoms with van der Waals surface area (Å²) in [5.41, 5.74) is 5.20. The van der Waals surface area contributed by atoms with Crippen molar-refractivity contribution in [1.29, 1.82) is 0 Å². The zero-order chi connectivity index (χ0) is 19.1. The fraction of sp³-hybridized carbons (Fsp3) is 0.174. The zero-order valence-electron chi connectivity index (χ0n) is 15.2. The number of nitrogens with zero attached hydrogens (tertiary/aromatic N) is 1. The highest BCUT2D eigenvalue weighted by molar-refractivity contribution is 5.87. The first-order valence-electron chi connectivity index (χ1n) is 9.46. The molecule has 1 unspecified atom stereocenters. The van der Waals surface area contributed by atoms with Gasteiger partial charge in [0.25, 0.3) is 5.91 Å². The lowest BCUT2D eigenvalue weighted by Gasteiger charge is -2.26. The SMILES string of the molecule is O=C(NC1Cc2ccccc2C1)C1NC(c2ccc(F)cc2)=C2C=CC=CN21. The quantitative estimate of drug-likeness (QED) is 0.869. The lowest BCUT2D eigenvalue weighted by atomic mass is 10.1. The summed E-state index contributed by atoms with van der Waals surface area (Å²) in [6, 6.07) is 14.7. The van der Waals surface area contributed by atoms with E-state index in [0.29, 0.717) is 0 Å². The number of hydrogen-bond acceptors (Lipinski definition) is 3. The second-order valence-corrected chi connectivity index (χ2v) is 7.30. The number of halogens is 1. The largest absolute Gasteiger partial charge is 0.355 e. The Balaban J connectivity index is 1.35.